The first-order valence-electron chi connectivity index (χ1n) is 10.6. The Balaban J connectivity index is 1.89. The first-order valence-corrected chi connectivity index (χ1v) is 10.6. The summed E-state index contributed by atoms with van der Waals surface area (Å²) in [6, 6.07) is 17.2. The van der Waals surface area contributed by atoms with Crippen LogP contribution in [0.5, 0.6) is 5.75 Å². The van der Waals surface area contributed by atoms with Gasteiger partial charge in [-0.1, -0.05) is 42.5 Å². The predicted molar refractivity (Wildman–Crippen MR) is 124 cm³/mol. The summed E-state index contributed by atoms with van der Waals surface area (Å²) in [5.41, 5.74) is 7.72. The molecular formula is C25H23N3O6. The number of hydrogen-bond donors (Lipinski definition) is 1. The molecule has 34 heavy (non-hydrogen) atoms. The topological polar surface area (TPSA) is 127 Å². The summed E-state index contributed by atoms with van der Waals surface area (Å²) < 4.78 is 12.2. The van der Waals surface area contributed by atoms with Gasteiger partial charge in [-0.15, -0.1) is 0 Å². The number of hydrogen-bond acceptors (Lipinski definition) is 7. The van der Waals surface area contributed by atoms with Crippen molar-refractivity contribution in [1.82, 2.24) is 4.57 Å². The summed E-state index contributed by atoms with van der Waals surface area (Å²) in [5.74, 6) is -1.78. The molecule has 1 aliphatic heterocycles. The van der Waals surface area contributed by atoms with Gasteiger partial charge >= 0.3 is 5.97 Å². The molecule has 9 heteroatoms. The molecule has 0 bridgehead atoms. The van der Waals surface area contributed by atoms with Crippen molar-refractivity contribution < 1.29 is 19.2 Å². The van der Waals surface area contributed by atoms with Gasteiger partial charge in [0.2, 0.25) is 5.88 Å². The highest BCUT2D eigenvalue weighted by molar-refractivity contribution is 5.92. The number of aryl methyl sites for hydroxylation is 2. The van der Waals surface area contributed by atoms with E-state index in [4.69, 9.17) is 15.2 Å². The largest absolute Gasteiger partial charge is 0.465 e. The molecule has 1 unspecified atom stereocenters. The molecular weight excluding hydrogens is 438 g/mol. The van der Waals surface area contributed by atoms with Crippen molar-refractivity contribution in [3.05, 3.63) is 115 Å². The van der Waals surface area contributed by atoms with Gasteiger partial charge < -0.3 is 19.8 Å². The first-order chi connectivity index (χ1) is 16.3. The molecule has 0 amide bonds. The van der Waals surface area contributed by atoms with E-state index in [9.17, 15) is 19.7 Å². The van der Waals surface area contributed by atoms with Crippen molar-refractivity contribution in [3.63, 3.8) is 0 Å². The van der Waals surface area contributed by atoms with Crippen LogP contribution in [0, 0.1) is 17.0 Å². The SMILES string of the molecule is COC(=O)C1=C(N)Oc2cc(C)n(CCc3ccccc3)c(=O)c2C1c1cccc([N+](=O)[O-])c1. The van der Waals surface area contributed by atoms with Gasteiger partial charge in [-0.3, -0.25) is 14.9 Å². The van der Waals surface area contributed by atoms with Gasteiger partial charge in [0, 0.05) is 30.4 Å². The van der Waals surface area contributed by atoms with E-state index in [1.165, 1.54) is 25.3 Å². The predicted octanol–water partition coefficient (Wildman–Crippen LogP) is 3.18. The average Bonchev–Trinajstić information content (AvgIpc) is 2.83. The lowest BCUT2D eigenvalue weighted by atomic mass is 9.83. The highest BCUT2D eigenvalue weighted by atomic mass is 16.6. The fourth-order valence-electron chi connectivity index (χ4n) is 4.21. The van der Waals surface area contributed by atoms with Crippen LogP contribution in [0.2, 0.25) is 0 Å². The highest BCUT2D eigenvalue weighted by Gasteiger charge is 2.38. The molecule has 2 N–H and O–H groups in total. The van der Waals surface area contributed by atoms with Crippen LogP contribution >= 0.6 is 0 Å². The second-order valence-electron chi connectivity index (χ2n) is 7.91. The lowest BCUT2D eigenvalue weighted by molar-refractivity contribution is -0.384. The smallest absolute Gasteiger partial charge is 0.340 e. The number of ether oxygens (including phenoxy) is 2. The number of nitrogens with two attached hydrogens (primary N) is 1. The number of rotatable bonds is 6. The average molecular weight is 461 g/mol. The first kappa shape index (κ1) is 22.8. The maximum absolute atomic E-state index is 13.8. The van der Waals surface area contributed by atoms with Crippen LogP contribution in [0.15, 0.2) is 76.9 Å². The number of methoxy groups -OCH3 is 1. The van der Waals surface area contributed by atoms with E-state index in [0.29, 0.717) is 24.2 Å². The minimum atomic E-state index is -0.993. The number of pyridine rings is 1. The van der Waals surface area contributed by atoms with Crippen molar-refractivity contribution in [2.75, 3.05) is 7.11 Å². The van der Waals surface area contributed by atoms with Crippen molar-refractivity contribution in [1.29, 1.82) is 0 Å². The van der Waals surface area contributed by atoms with Crippen LogP contribution in [0.25, 0.3) is 0 Å². The van der Waals surface area contributed by atoms with Crippen LogP contribution in [0.1, 0.15) is 28.3 Å². The van der Waals surface area contributed by atoms with Gasteiger partial charge in [0.25, 0.3) is 11.2 Å². The lowest BCUT2D eigenvalue weighted by Gasteiger charge is -2.29. The van der Waals surface area contributed by atoms with Crippen molar-refractivity contribution in [3.8, 4) is 5.75 Å². The molecule has 0 aliphatic carbocycles. The van der Waals surface area contributed by atoms with Gasteiger partial charge in [0.05, 0.1) is 23.5 Å². The Kier molecular flexibility index (Phi) is 6.18. The van der Waals surface area contributed by atoms with E-state index in [1.54, 1.807) is 23.6 Å². The Morgan fingerprint density at radius 2 is 1.91 bits per heavy atom. The quantitative estimate of drug-likeness (QED) is 0.339. The van der Waals surface area contributed by atoms with Gasteiger partial charge in [0.15, 0.2) is 0 Å². The summed E-state index contributed by atoms with van der Waals surface area (Å²) in [4.78, 5) is 37.3. The molecule has 2 heterocycles. The van der Waals surface area contributed by atoms with Crippen LogP contribution in [-0.2, 0) is 22.5 Å². The summed E-state index contributed by atoms with van der Waals surface area (Å²) >= 11 is 0. The Bertz CT molecular complexity index is 1360. The fraction of sp³-hybridized carbons (Fsp3) is 0.200. The third-order valence-electron chi connectivity index (χ3n) is 5.86. The number of carbonyl (C=O) groups excluding carboxylic acids is 1. The summed E-state index contributed by atoms with van der Waals surface area (Å²) in [7, 11) is 1.19. The molecule has 174 valence electrons. The minimum Gasteiger partial charge on any atom is -0.465 e. The zero-order chi connectivity index (χ0) is 24.4. The number of nitro benzene ring substituents is 1. The lowest BCUT2D eigenvalue weighted by Crippen LogP contribution is -2.35. The maximum Gasteiger partial charge on any atom is 0.340 e. The number of fused-ring (bicyclic) bond motifs is 1. The van der Waals surface area contributed by atoms with Crippen molar-refractivity contribution in [2.24, 2.45) is 5.73 Å². The number of nitro groups is 1. The summed E-state index contributed by atoms with van der Waals surface area (Å²) in [6.07, 6.45) is 0.616. The van der Waals surface area contributed by atoms with Crippen LogP contribution in [0.4, 0.5) is 5.69 Å². The minimum absolute atomic E-state index is 0.0777. The van der Waals surface area contributed by atoms with Crippen molar-refractivity contribution in [2.45, 2.75) is 25.8 Å². The van der Waals surface area contributed by atoms with Crippen LogP contribution in [-0.4, -0.2) is 22.6 Å². The Hall–Kier alpha value is -4.40. The third kappa shape index (κ3) is 4.15. The number of non-ortho nitro benzene ring substituents is 1. The standard InChI is InChI=1S/C25H23N3O6/c1-15-13-19-21(24(29)27(15)12-11-16-7-4-3-5-8-16)20(22(23(26)34-19)25(30)33-2)17-9-6-10-18(14-17)28(31)32/h3-10,13-14,20H,11-12,26H2,1-2H3. The molecule has 1 aliphatic rings. The molecule has 2 aromatic carbocycles. The highest BCUT2D eigenvalue weighted by Crippen LogP contribution is 2.42. The number of aromatic nitrogens is 1. The molecule has 0 spiro atoms. The molecule has 4 rings (SSSR count). The number of benzene rings is 2. The monoisotopic (exact) mass is 461 g/mol. The molecule has 0 radical (unpaired) electrons. The van der Waals surface area contributed by atoms with E-state index in [0.717, 1.165) is 5.56 Å². The van der Waals surface area contributed by atoms with Gasteiger partial charge in [-0.05, 0) is 24.5 Å². The number of nitrogens with zero attached hydrogens (tertiary/aromatic N) is 2. The molecule has 0 saturated heterocycles. The number of esters is 1. The maximum atomic E-state index is 13.8. The van der Waals surface area contributed by atoms with Gasteiger partial charge in [0.1, 0.15) is 11.3 Å². The summed E-state index contributed by atoms with van der Waals surface area (Å²) in [6.45, 7) is 2.19. The van der Waals surface area contributed by atoms with Gasteiger partial charge in [-0.2, -0.15) is 0 Å². The van der Waals surface area contributed by atoms with E-state index in [1.807, 2.05) is 30.3 Å². The molecule has 1 atom stereocenters. The second kappa shape index (κ2) is 9.22. The molecule has 0 saturated carbocycles. The Morgan fingerprint density at radius 3 is 2.59 bits per heavy atom. The Morgan fingerprint density at radius 1 is 1.18 bits per heavy atom. The van der Waals surface area contributed by atoms with Crippen LogP contribution in [0.3, 0.4) is 0 Å². The summed E-state index contributed by atoms with van der Waals surface area (Å²) in [5, 5.41) is 11.4. The second-order valence-corrected chi connectivity index (χ2v) is 7.91. The van der Waals surface area contributed by atoms with E-state index in [-0.39, 0.29) is 34.0 Å². The van der Waals surface area contributed by atoms with E-state index in [2.05, 4.69) is 0 Å². The molecule has 0 fully saturated rings. The third-order valence-corrected chi connectivity index (χ3v) is 5.86. The van der Waals surface area contributed by atoms with E-state index >= 15 is 0 Å². The van der Waals surface area contributed by atoms with E-state index < -0.39 is 16.8 Å². The van der Waals surface area contributed by atoms with Crippen molar-refractivity contribution >= 4 is 11.7 Å². The Labute approximate surface area is 195 Å². The van der Waals surface area contributed by atoms with Gasteiger partial charge in [-0.25, -0.2) is 4.79 Å². The fourth-order valence-corrected chi connectivity index (χ4v) is 4.21. The molecule has 9 nitrogen and oxygen atoms in total. The van der Waals surface area contributed by atoms with Crippen LogP contribution < -0.4 is 16.0 Å². The molecule has 3 aromatic rings. The molecule has 1 aromatic heterocycles. The normalized spacial score (nSPS) is 14.8. The zero-order valence-corrected chi connectivity index (χ0v) is 18.7. The zero-order valence-electron chi connectivity index (χ0n) is 18.7. The number of carbonyl (C=O) groups is 1.